The van der Waals surface area contributed by atoms with E-state index in [9.17, 15) is 14.4 Å². The topological polar surface area (TPSA) is 96.5 Å². The Kier molecular flexibility index (Phi) is 10.2. The number of carbonyl (C=O) groups is 3. The predicted molar refractivity (Wildman–Crippen MR) is 165 cm³/mol. The summed E-state index contributed by atoms with van der Waals surface area (Å²) >= 11 is 7.67. The van der Waals surface area contributed by atoms with Crippen molar-refractivity contribution >= 4 is 58.5 Å². The summed E-state index contributed by atoms with van der Waals surface area (Å²) in [5.41, 5.74) is 2.18. The van der Waals surface area contributed by atoms with Crippen LogP contribution in [0.1, 0.15) is 22.8 Å². The molecule has 0 spiro atoms. The fourth-order valence-electron chi connectivity index (χ4n) is 3.71. The molecular formula is C32H28ClN3O4S. The Bertz CT molecular complexity index is 1560. The third kappa shape index (κ3) is 8.48. The summed E-state index contributed by atoms with van der Waals surface area (Å²) in [5.74, 6) is -0.418. The molecule has 0 bridgehead atoms. The lowest BCUT2D eigenvalue weighted by Crippen LogP contribution is -2.30. The van der Waals surface area contributed by atoms with E-state index >= 15 is 0 Å². The van der Waals surface area contributed by atoms with Gasteiger partial charge in [-0.25, -0.2) is 0 Å². The molecule has 3 N–H and O–H groups in total. The van der Waals surface area contributed by atoms with E-state index in [1.807, 2.05) is 6.07 Å². The molecule has 0 saturated heterocycles. The maximum atomic E-state index is 13.4. The molecule has 1 atom stereocenters. The number of nitrogens with one attached hydrogen (secondary N) is 3. The van der Waals surface area contributed by atoms with E-state index in [-0.39, 0.29) is 11.6 Å². The van der Waals surface area contributed by atoms with Crippen molar-refractivity contribution in [2.75, 3.05) is 17.7 Å². The van der Waals surface area contributed by atoms with Crippen LogP contribution in [0.2, 0.25) is 5.02 Å². The number of halogens is 1. The van der Waals surface area contributed by atoms with Gasteiger partial charge in [-0.05, 0) is 79.2 Å². The van der Waals surface area contributed by atoms with Gasteiger partial charge in [0.05, 0.1) is 12.4 Å². The summed E-state index contributed by atoms with van der Waals surface area (Å²) in [6.07, 6.45) is 1.53. The van der Waals surface area contributed by atoms with Crippen LogP contribution in [0.25, 0.3) is 6.08 Å². The molecule has 1 unspecified atom stereocenters. The lowest BCUT2D eigenvalue weighted by Gasteiger charge is -2.14. The molecule has 0 heterocycles. The van der Waals surface area contributed by atoms with Gasteiger partial charge in [0.15, 0.2) is 0 Å². The van der Waals surface area contributed by atoms with Crippen LogP contribution in [0.4, 0.5) is 11.4 Å². The monoisotopic (exact) mass is 585 g/mol. The average Bonchev–Trinajstić information content (AvgIpc) is 2.98. The zero-order valence-corrected chi connectivity index (χ0v) is 24.0. The first-order chi connectivity index (χ1) is 19.8. The zero-order valence-electron chi connectivity index (χ0n) is 22.4. The minimum Gasteiger partial charge on any atom is -0.497 e. The molecule has 0 radical (unpaired) electrons. The van der Waals surface area contributed by atoms with Gasteiger partial charge in [0.2, 0.25) is 5.91 Å². The Labute approximate surface area is 248 Å². The molecule has 3 amide bonds. The van der Waals surface area contributed by atoms with Gasteiger partial charge in [-0.2, -0.15) is 0 Å². The van der Waals surface area contributed by atoms with Crippen LogP contribution >= 0.6 is 23.4 Å². The summed E-state index contributed by atoms with van der Waals surface area (Å²) in [6, 6.07) is 29.9. The summed E-state index contributed by atoms with van der Waals surface area (Å²) in [5, 5.41) is 8.46. The molecule has 0 aliphatic carbocycles. The van der Waals surface area contributed by atoms with Crippen molar-refractivity contribution in [3.8, 4) is 5.75 Å². The van der Waals surface area contributed by atoms with Crippen molar-refractivity contribution < 1.29 is 19.1 Å². The van der Waals surface area contributed by atoms with Gasteiger partial charge in [-0.15, -0.1) is 11.8 Å². The van der Waals surface area contributed by atoms with Crippen LogP contribution in [0.5, 0.6) is 5.75 Å². The van der Waals surface area contributed by atoms with E-state index in [1.54, 1.807) is 111 Å². The van der Waals surface area contributed by atoms with Gasteiger partial charge in [0.25, 0.3) is 11.8 Å². The maximum absolute atomic E-state index is 13.4. The number of hydrogen-bond acceptors (Lipinski definition) is 5. The van der Waals surface area contributed by atoms with Crippen LogP contribution < -0.4 is 20.7 Å². The number of thioether (sulfide) groups is 1. The second-order valence-corrected chi connectivity index (χ2v) is 10.7. The molecule has 9 heteroatoms. The highest BCUT2D eigenvalue weighted by Gasteiger charge is 2.18. The van der Waals surface area contributed by atoms with Gasteiger partial charge in [-0.3, -0.25) is 14.4 Å². The molecule has 41 heavy (non-hydrogen) atoms. The second kappa shape index (κ2) is 14.2. The molecule has 208 valence electrons. The molecule has 0 aliphatic heterocycles. The highest BCUT2D eigenvalue weighted by Crippen LogP contribution is 2.27. The largest absolute Gasteiger partial charge is 0.497 e. The van der Waals surface area contributed by atoms with E-state index in [4.69, 9.17) is 16.3 Å². The Morgan fingerprint density at radius 1 is 0.829 bits per heavy atom. The third-order valence-corrected chi connectivity index (χ3v) is 7.30. The highest BCUT2D eigenvalue weighted by atomic mass is 35.5. The summed E-state index contributed by atoms with van der Waals surface area (Å²) < 4.78 is 5.15. The van der Waals surface area contributed by atoms with Crippen molar-refractivity contribution in [1.29, 1.82) is 0 Å². The van der Waals surface area contributed by atoms with E-state index in [0.29, 0.717) is 33.3 Å². The van der Waals surface area contributed by atoms with Crippen LogP contribution in [-0.2, 0) is 9.59 Å². The van der Waals surface area contributed by atoms with Crippen molar-refractivity contribution in [2.45, 2.75) is 17.1 Å². The molecule has 4 rings (SSSR count). The average molecular weight is 586 g/mol. The normalized spacial score (nSPS) is 11.7. The number of ether oxygens (including phenoxy) is 1. The lowest BCUT2D eigenvalue weighted by atomic mass is 10.1. The number of methoxy groups -OCH3 is 1. The number of anilines is 2. The van der Waals surface area contributed by atoms with Gasteiger partial charge in [0, 0.05) is 26.9 Å². The lowest BCUT2D eigenvalue weighted by molar-refractivity contribution is -0.115. The van der Waals surface area contributed by atoms with Crippen molar-refractivity contribution in [3.63, 3.8) is 0 Å². The molecule has 4 aromatic carbocycles. The molecule has 0 saturated carbocycles. The number of carbonyl (C=O) groups excluding carboxylic acids is 3. The quantitative estimate of drug-likeness (QED) is 0.139. The summed E-state index contributed by atoms with van der Waals surface area (Å²) in [7, 11) is 1.58. The van der Waals surface area contributed by atoms with E-state index in [0.717, 1.165) is 4.90 Å². The Morgan fingerprint density at radius 3 is 2.24 bits per heavy atom. The Morgan fingerprint density at radius 2 is 1.54 bits per heavy atom. The fourth-order valence-corrected chi connectivity index (χ4v) is 4.83. The summed E-state index contributed by atoms with van der Waals surface area (Å²) in [4.78, 5) is 39.8. The first-order valence-corrected chi connectivity index (χ1v) is 13.9. The molecule has 7 nitrogen and oxygen atoms in total. The highest BCUT2D eigenvalue weighted by molar-refractivity contribution is 8.00. The van der Waals surface area contributed by atoms with Crippen molar-refractivity contribution in [1.82, 2.24) is 5.32 Å². The minimum atomic E-state index is -0.526. The summed E-state index contributed by atoms with van der Waals surface area (Å²) in [6.45, 7) is 1.80. The van der Waals surface area contributed by atoms with E-state index in [1.165, 1.54) is 17.8 Å². The number of hydrogen-bond donors (Lipinski definition) is 3. The molecule has 0 aromatic heterocycles. The number of benzene rings is 4. The minimum absolute atomic E-state index is 0.0252. The van der Waals surface area contributed by atoms with Gasteiger partial charge in [-0.1, -0.05) is 54.1 Å². The molecule has 4 aromatic rings. The Hall–Kier alpha value is -4.53. The third-order valence-electron chi connectivity index (χ3n) is 5.87. The number of rotatable bonds is 10. The smallest absolute Gasteiger partial charge is 0.272 e. The van der Waals surface area contributed by atoms with Crippen LogP contribution in [-0.4, -0.2) is 30.1 Å². The van der Waals surface area contributed by atoms with Gasteiger partial charge in [0.1, 0.15) is 11.4 Å². The van der Waals surface area contributed by atoms with E-state index < -0.39 is 17.1 Å². The first kappa shape index (κ1) is 29.5. The fraction of sp³-hybridized carbons (Fsp3) is 0.0938. The molecule has 0 aliphatic rings. The van der Waals surface area contributed by atoms with Crippen LogP contribution in [0.3, 0.4) is 0 Å². The van der Waals surface area contributed by atoms with Gasteiger partial charge >= 0.3 is 0 Å². The Balaban J connectivity index is 1.47. The molecular weight excluding hydrogens is 558 g/mol. The standard InChI is InChI=1S/C32H28ClN3O4S/c1-21(30(37)34-24-15-17-26(40-2)18-16-24)41-27-13-8-12-25(20-27)35-32(39)29(19-23-11-6-7-14-28(23)33)36-31(38)22-9-4-3-5-10-22/h3-21H,1-2H3,(H,34,37)(H,35,39)(H,36,38)/b29-19+. The number of amides is 3. The van der Waals surface area contributed by atoms with Crippen molar-refractivity contribution in [2.24, 2.45) is 0 Å². The SMILES string of the molecule is COc1ccc(NC(=O)C(C)Sc2cccc(NC(=O)/C(=C\c3ccccc3Cl)NC(=O)c3ccccc3)c2)cc1. The molecule has 0 fully saturated rings. The van der Waals surface area contributed by atoms with Crippen LogP contribution in [0, 0.1) is 0 Å². The van der Waals surface area contributed by atoms with Crippen LogP contribution in [0.15, 0.2) is 114 Å². The predicted octanol–water partition coefficient (Wildman–Crippen LogP) is 6.88. The zero-order chi connectivity index (χ0) is 29.2. The van der Waals surface area contributed by atoms with E-state index in [2.05, 4.69) is 16.0 Å². The van der Waals surface area contributed by atoms with Gasteiger partial charge < -0.3 is 20.7 Å². The van der Waals surface area contributed by atoms with Crippen molar-refractivity contribution in [3.05, 3.63) is 125 Å². The maximum Gasteiger partial charge on any atom is 0.272 e. The second-order valence-electron chi connectivity index (χ2n) is 8.86. The first-order valence-electron chi connectivity index (χ1n) is 12.7.